The molecule has 0 fully saturated rings. The Bertz CT molecular complexity index is 1220. The lowest BCUT2D eigenvalue weighted by Crippen LogP contribution is -2.41. The topological polar surface area (TPSA) is 141 Å². The van der Waals surface area contributed by atoms with E-state index in [4.69, 9.17) is 4.79 Å². The Kier molecular flexibility index (Phi) is 11.5. The van der Waals surface area contributed by atoms with Crippen molar-refractivity contribution in [2.45, 2.75) is 25.1 Å². The van der Waals surface area contributed by atoms with E-state index >= 15 is 0 Å². The molecule has 4 N–H and O–H groups in total. The number of aromatic nitrogens is 2. The van der Waals surface area contributed by atoms with Gasteiger partial charge in [0, 0.05) is 23.1 Å². The smallest absolute Gasteiger partial charge is 0.446 e. The molecule has 2 aromatic carbocycles. The van der Waals surface area contributed by atoms with Crippen LogP contribution < -0.4 is 10.6 Å². The number of rotatable bonds is 10. The van der Waals surface area contributed by atoms with Crippen LogP contribution in [0, 0.1) is 0 Å². The number of aldehydes is 1. The molecule has 0 aliphatic heterocycles. The Hall–Kier alpha value is -4.13. The SMILES string of the molecule is CSCC[C@H](NC(=O)c1ccc(NC(=O)Cc2cnc[nH]2)cc1-c1ccccc1)C(=O)O.O=CC(F)(F)F. The number of H-pyrrole nitrogens is 1. The quantitative estimate of drug-likeness (QED) is 0.280. The van der Waals surface area contributed by atoms with Crippen molar-refractivity contribution in [3.05, 3.63) is 72.3 Å². The molecule has 3 rings (SSSR count). The zero-order chi connectivity index (χ0) is 28.1. The Labute approximate surface area is 220 Å². The van der Waals surface area contributed by atoms with Crippen molar-refractivity contribution in [1.82, 2.24) is 15.3 Å². The molecule has 1 aromatic heterocycles. The molecule has 13 heteroatoms. The summed E-state index contributed by atoms with van der Waals surface area (Å²) in [5.74, 6) is -1.16. The molecule has 1 heterocycles. The van der Waals surface area contributed by atoms with Crippen molar-refractivity contribution in [3.8, 4) is 11.1 Å². The minimum Gasteiger partial charge on any atom is -0.480 e. The van der Waals surface area contributed by atoms with Crippen LogP contribution in [0.1, 0.15) is 22.5 Å². The number of thioether (sulfide) groups is 1. The Balaban J connectivity index is 0.000000757. The van der Waals surface area contributed by atoms with Crippen LogP contribution in [0.3, 0.4) is 0 Å². The fraction of sp³-hybridized carbons (Fsp3) is 0.240. The van der Waals surface area contributed by atoms with Gasteiger partial charge in [0.1, 0.15) is 6.04 Å². The highest BCUT2D eigenvalue weighted by Crippen LogP contribution is 2.27. The van der Waals surface area contributed by atoms with E-state index in [0.29, 0.717) is 34.7 Å². The Morgan fingerprint density at radius 1 is 1.16 bits per heavy atom. The van der Waals surface area contributed by atoms with Gasteiger partial charge in [-0.15, -0.1) is 0 Å². The average Bonchev–Trinajstić information content (AvgIpc) is 3.39. The van der Waals surface area contributed by atoms with E-state index in [2.05, 4.69) is 20.6 Å². The summed E-state index contributed by atoms with van der Waals surface area (Å²) in [5.41, 5.74) is 2.92. The second-order valence-corrected chi connectivity index (χ2v) is 8.72. The molecule has 2 amide bonds. The molecule has 0 bridgehead atoms. The second kappa shape index (κ2) is 14.6. The highest BCUT2D eigenvalue weighted by atomic mass is 32.2. The number of alkyl halides is 3. The van der Waals surface area contributed by atoms with Crippen LogP contribution in [-0.2, 0) is 20.8 Å². The van der Waals surface area contributed by atoms with Crippen molar-refractivity contribution >= 4 is 41.5 Å². The van der Waals surface area contributed by atoms with Gasteiger partial charge in [-0.05, 0) is 47.8 Å². The number of aliphatic carboxylic acids is 1. The predicted molar refractivity (Wildman–Crippen MR) is 137 cm³/mol. The van der Waals surface area contributed by atoms with Gasteiger partial charge in [-0.3, -0.25) is 14.4 Å². The maximum Gasteiger partial charge on any atom is 0.446 e. The maximum atomic E-state index is 13.0. The van der Waals surface area contributed by atoms with Gasteiger partial charge in [0.05, 0.1) is 12.7 Å². The molecular formula is C25H25F3N4O5S. The lowest BCUT2D eigenvalue weighted by Gasteiger charge is -2.17. The number of halogens is 3. The van der Waals surface area contributed by atoms with E-state index in [1.165, 1.54) is 18.1 Å². The van der Waals surface area contributed by atoms with Gasteiger partial charge in [0.25, 0.3) is 5.91 Å². The van der Waals surface area contributed by atoms with Crippen molar-refractivity contribution in [3.63, 3.8) is 0 Å². The van der Waals surface area contributed by atoms with Crippen LogP contribution in [0.2, 0.25) is 0 Å². The molecule has 0 saturated carbocycles. The van der Waals surface area contributed by atoms with Gasteiger partial charge in [-0.1, -0.05) is 30.3 Å². The zero-order valence-corrected chi connectivity index (χ0v) is 20.9. The van der Waals surface area contributed by atoms with Crippen LogP contribution >= 0.6 is 11.8 Å². The second-order valence-electron chi connectivity index (χ2n) is 7.73. The predicted octanol–water partition coefficient (Wildman–Crippen LogP) is 3.94. The molecule has 3 aromatic rings. The number of anilines is 1. The van der Waals surface area contributed by atoms with Crippen molar-refractivity contribution in [2.24, 2.45) is 0 Å². The van der Waals surface area contributed by atoms with E-state index in [1.54, 1.807) is 24.4 Å². The number of amides is 2. The van der Waals surface area contributed by atoms with Crippen LogP contribution in [0.4, 0.5) is 18.9 Å². The number of benzene rings is 2. The largest absolute Gasteiger partial charge is 0.480 e. The van der Waals surface area contributed by atoms with E-state index < -0.39 is 30.4 Å². The number of nitrogens with one attached hydrogen (secondary N) is 3. The Morgan fingerprint density at radius 3 is 2.39 bits per heavy atom. The molecule has 0 aliphatic rings. The van der Waals surface area contributed by atoms with Crippen molar-refractivity contribution < 1.29 is 37.5 Å². The molecule has 0 unspecified atom stereocenters. The molecular weight excluding hydrogens is 525 g/mol. The zero-order valence-electron chi connectivity index (χ0n) is 20.1. The molecule has 0 radical (unpaired) electrons. The number of hydrogen-bond acceptors (Lipinski definition) is 6. The minimum atomic E-state index is -4.64. The van der Waals surface area contributed by atoms with E-state index in [1.807, 2.05) is 36.6 Å². The van der Waals surface area contributed by atoms with Crippen LogP contribution in [0.15, 0.2) is 61.1 Å². The first kappa shape index (κ1) is 30.1. The van der Waals surface area contributed by atoms with Crippen LogP contribution in [0.25, 0.3) is 11.1 Å². The van der Waals surface area contributed by atoms with Gasteiger partial charge in [0.2, 0.25) is 12.2 Å². The molecule has 202 valence electrons. The van der Waals surface area contributed by atoms with Crippen LogP contribution in [-0.4, -0.2) is 63.4 Å². The minimum absolute atomic E-state index is 0.138. The molecule has 0 aliphatic carbocycles. The van der Waals surface area contributed by atoms with Crippen LogP contribution in [0.5, 0.6) is 0 Å². The number of imidazole rings is 1. The fourth-order valence-electron chi connectivity index (χ4n) is 3.17. The van der Waals surface area contributed by atoms with Crippen molar-refractivity contribution in [1.29, 1.82) is 0 Å². The lowest BCUT2D eigenvalue weighted by atomic mass is 9.98. The monoisotopic (exact) mass is 550 g/mol. The summed E-state index contributed by atoms with van der Waals surface area (Å²) in [6, 6.07) is 13.2. The van der Waals surface area contributed by atoms with Crippen molar-refractivity contribution in [2.75, 3.05) is 17.3 Å². The molecule has 1 atom stereocenters. The summed E-state index contributed by atoms with van der Waals surface area (Å²) < 4.78 is 31.2. The highest BCUT2D eigenvalue weighted by Gasteiger charge is 2.25. The summed E-state index contributed by atoms with van der Waals surface area (Å²) in [6.45, 7) is 0. The summed E-state index contributed by atoms with van der Waals surface area (Å²) in [4.78, 5) is 52.4. The third-order valence-corrected chi connectivity index (χ3v) is 5.53. The van der Waals surface area contributed by atoms with Gasteiger partial charge in [-0.25, -0.2) is 9.78 Å². The molecule has 0 spiro atoms. The first-order valence-corrected chi connectivity index (χ1v) is 12.5. The fourth-order valence-corrected chi connectivity index (χ4v) is 3.64. The molecule has 0 saturated heterocycles. The number of hydrogen-bond donors (Lipinski definition) is 4. The number of carbonyl (C=O) groups is 4. The molecule has 38 heavy (non-hydrogen) atoms. The standard InChI is InChI=1S/C23H24N4O4S.C2HF3O/c1-32-10-9-20(23(30)31)27-22(29)18-8-7-16(11-19(18)15-5-3-2-4-6-15)26-21(28)12-17-13-24-14-25-17;3-2(4,5)1-6/h2-8,11,13-14,20H,9-10,12H2,1H3,(H,24,25)(H,26,28)(H,27,29)(H,30,31);1H/t20-;/m0./s1. The number of aromatic amines is 1. The number of carboxylic acids is 1. The summed E-state index contributed by atoms with van der Waals surface area (Å²) >= 11 is 1.52. The number of nitrogens with zero attached hydrogens (tertiary/aromatic N) is 1. The average molecular weight is 551 g/mol. The third kappa shape index (κ3) is 10.1. The summed E-state index contributed by atoms with van der Waals surface area (Å²) in [7, 11) is 0. The lowest BCUT2D eigenvalue weighted by molar-refractivity contribution is -0.156. The summed E-state index contributed by atoms with van der Waals surface area (Å²) in [6.07, 6.45) is -0.269. The maximum absolute atomic E-state index is 13.0. The first-order valence-electron chi connectivity index (χ1n) is 11.1. The number of carbonyl (C=O) groups excluding carboxylic acids is 3. The normalized spacial score (nSPS) is 11.5. The van der Waals surface area contributed by atoms with E-state index in [9.17, 15) is 32.7 Å². The first-order chi connectivity index (χ1) is 18.0. The van der Waals surface area contributed by atoms with Gasteiger partial charge in [0.15, 0.2) is 0 Å². The third-order valence-electron chi connectivity index (χ3n) is 4.89. The van der Waals surface area contributed by atoms with E-state index in [0.717, 1.165) is 5.56 Å². The number of carboxylic acid groups (broad SMARTS) is 1. The van der Waals surface area contributed by atoms with Gasteiger partial charge in [-0.2, -0.15) is 24.9 Å². The van der Waals surface area contributed by atoms with E-state index in [-0.39, 0.29) is 12.3 Å². The van der Waals surface area contributed by atoms with Gasteiger partial charge >= 0.3 is 12.1 Å². The highest BCUT2D eigenvalue weighted by molar-refractivity contribution is 7.98. The summed E-state index contributed by atoms with van der Waals surface area (Å²) in [5, 5.41) is 14.9. The Morgan fingerprint density at radius 2 is 1.84 bits per heavy atom. The van der Waals surface area contributed by atoms with Gasteiger partial charge < -0.3 is 20.7 Å². The molecule has 9 nitrogen and oxygen atoms in total.